The summed E-state index contributed by atoms with van der Waals surface area (Å²) in [4.78, 5) is 17.0. The van der Waals surface area contributed by atoms with Crippen molar-refractivity contribution in [2.24, 2.45) is 11.8 Å². The number of ether oxygens (including phenoxy) is 1. The van der Waals surface area contributed by atoms with E-state index in [2.05, 4.69) is 24.1 Å². The second-order valence-corrected chi connectivity index (χ2v) is 7.87. The van der Waals surface area contributed by atoms with E-state index >= 15 is 0 Å². The van der Waals surface area contributed by atoms with Gasteiger partial charge in [-0.3, -0.25) is 9.69 Å². The van der Waals surface area contributed by atoms with Crippen molar-refractivity contribution in [2.45, 2.75) is 12.2 Å². The molecular weight excluding hydrogens is 417 g/mol. The summed E-state index contributed by atoms with van der Waals surface area (Å²) >= 11 is 0. The van der Waals surface area contributed by atoms with E-state index in [1.807, 2.05) is 12.1 Å². The van der Waals surface area contributed by atoms with Gasteiger partial charge in [0.15, 0.2) is 0 Å². The van der Waals surface area contributed by atoms with Gasteiger partial charge in [0.25, 0.3) is 5.91 Å². The minimum Gasteiger partial charge on any atom is -0.497 e. The lowest BCUT2D eigenvalue weighted by Gasteiger charge is -2.27. The number of hydrogen-bond acceptors (Lipinski definition) is 3. The third-order valence-corrected chi connectivity index (χ3v) is 6.10. The molecule has 0 spiro atoms. The van der Waals surface area contributed by atoms with Crippen molar-refractivity contribution in [1.82, 2.24) is 9.80 Å². The van der Waals surface area contributed by atoms with Gasteiger partial charge in [-0.05, 0) is 54.9 Å². The summed E-state index contributed by atoms with van der Waals surface area (Å²) in [7, 11) is 3.73. The van der Waals surface area contributed by atoms with Gasteiger partial charge in [0.05, 0.1) is 12.7 Å². The van der Waals surface area contributed by atoms with E-state index < -0.39 is 11.7 Å². The zero-order valence-electron chi connectivity index (χ0n) is 16.7. The first-order valence-corrected chi connectivity index (χ1v) is 9.58. The van der Waals surface area contributed by atoms with E-state index in [-0.39, 0.29) is 24.4 Å². The number of amides is 1. The van der Waals surface area contributed by atoms with E-state index in [1.165, 1.54) is 17.7 Å². The molecule has 2 saturated heterocycles. The Hall–Kier alpha value is -2.25. The fourth-order valence-corrected chi connectivity index (χ4v) is 4.71. The van der Waals surface area contributed by atoms with Crippen LogP contribution in [0.3, 0.4) is 0 Å². The van der Waals surface area contributed by atoms with Crippen LogP contribution in [0.1, 0.15) is 27.5 Å². The third-order valence-electron chi connectivity index (χ3n) is 6.10. The van der Waals surface area contributed by atoms with Crippen LogP contribution >= 0.6 is 12.4 Å². The Kier molecular flexibility index (Phi) is 6.34. The molecule has 4 nitrogen and oxygen atoms in total. The second-order valence-electron chi connectivity index (χ2n) is 7.87. The molecule has 162 valence electrons. The molecule has 3 atom stereocenters. The molecule has 0 radical (unpaired) electrons. The topological polar surface area (TPSA) is 32.8 Å². The monoisotopic (exact) mass is 440 g/mol. The summed E-state index contributed by atoms with van der Waals surface area (Å²) in [6.45, 7) is 2.12. The first-order valence-electron chi connectivity index (χ1n) is 9.58. The number of benzene rings is 2. The Labute approximate surface area is 180 Å². The van der Waals surface area contributed by atoms with Crippen molar-refractivity contribution >= 4 is 18.3 Å². The molecule has 30 heavy (non-hydrogen) atoms. The number of halogens is 4. The molecule has 2 heterocycles. The lowest BCUT2D eigenvalue weighted by atomic mass is 9.89. The van der Waals surface area contributed by atoms with E-state index in [4.69, 9.17) is 4.74 Å². The van der Waals surface area contributed by atoms with Crippen molar-refractivity contribution in [3.8, 4) is 5.75 Å². The summed E-state index contributed by atoms with van der Waals surface area (Å²) in [5, 5.41) is 0. The normalized spacial score (nSPS) is 23.8. The average molecular weight is 441 g/mol. The minimum absolute atomic E-state index is 0. The van der Waals surface area contributed by atoms with Crippen LogP contribution in [-0.2, 0) is 6.18 Å². The maximum atomic E-state index is 12.9. The van der Waals surface area contributed by atoms with Gasteiger partial charge in [-0.25, -0.2) is 0 Å². The molecule has 1 amide bonds. The van der Waals surface area contributed by atoms with Gasteiger partial charge in [0.1, 0.15) is 5.75 Å². The standard InChI is InChI=1S/C22H23F3N2O2.ClH/c1-26-11-16-12-27(21(28)15-3-7-17(8-4-15)22(23,24)25)13-19(16)20(26)14-5-9-18(29-2)10-6-14;/h3-10,16,19-20H,11-13H2,1-2H3;1H/t16-,19+,20-;/m0./s1. The Morgan fingerprint density at radius 1 is 1.00 bits per heavy atom. The van der Waals surface area contributed by atoms with Crippen LogP contribution in [0.4, 0.5) is 13.2 Å². The summed E-state index contributed by atoms with van der Waals surface area (Å²) in [5.41, 5.74) is 0.741. The van der Waals surface area contributed by atoms with Crippen LogP contribution in [0.15, 0.2) is 48.5 Å². The molecule has 4 rings (SSSR count). The van der Waals surface area contributed by atoms with Gasteiger partial charge in [-0.15, -0.1) is 12.4 Å². The zero-order valence-corrected chi connectivity index (χ0v) is 17.5. The molecule has 0 aliphatic carbocycles. The largest absolute Gasteiger partial charge is 0.497 e. The number of carbonyl (C=O) groups is 1. The molecule has 0 bridgehead atoms. The minimum atomic E-state index is -4.40. The maximum absolute atomic E-state index is 12.9. The van der Waals surface area contributed by atoms with E-state index in [0.717, 1.165) is 24.4 Å². The van der Waals surface area contributed by atoms with Crippen LogP contribution < -0.4 is 4.74 Å². The highest BCUT2D eigenvalue weighted by Crippen LogP contribution is 2.44. The molecule has 2 aliphatic heterocycles. The highest BCUT2D eigenvalue weighted by atomic mass is 35.5. The van der Waals surface area contributed by atoms with Gasteiger partial charge < -0.3 is 9.64 Å². The molecule has 2 aliphatic rings. The molecule has 8 heteroatoms. The van der Waals surface area contributed by atoms with Crippen LogP contribution in [0.2, 0.25) is 0 Å². The summed E-state index contributed by atoms with van der Waals surface area (Å²) in [5.74, 6) is 1.25. The molecular formula is C22H24ClF3N2O2. The van der Waals surface area contributed by atoms with Gasteiger partial charge in [0.2, 0.25) is 0 Å². The molecule has 2 fully saturated rings. The van der Waals surface area contributed by atoms with Gasteiger partial charge >= 0.3 is 6.18 Å². The molecule has 0 N–H and O–H groups in total. The smallest absolute Gasteiger partial charge is 0.416 e. The molecule has 0 saturated carbocycles. The molecule has 2 aromatic rings. The van der Waals surface area contributed by atoms with Crippen molar-refractivity contribution in [3.05, 3.63) is 65.2 Å². The number of methoxy groups -OCH3 is 1. The summed E-state index contributed by atoms with van der Waals surface area (Å²) in [6, 6.07) is 12.7. The van der Waals surface area contributed by atoms with Gasteiger partial charge in [-0.1, -0.05) is 12.1 Å². The van der Waals surface area contributed by atoms with E-state index in [0.29, 0.717) is 30.5 Å². The number of likely N-dealkylation sites (tertiary alicyclic amines) is 2. The first kappa shape index (κ1) is 22.4. The Bertz CT molecular complexity index is 887. The van der Waals surface area contributed by atoms with Crippen molar-refractivity contribution in [3.63, 3.8) is 0 Å². The average Bonchev–Trinajstić information content (AvgIpc) is 3.23. The predicted octanol–water partition coefficient (Wildman–Crippen LogP) is 4.51. The predicted molar refractivity (Wildman–Crippen MR) is 110 cm³/mol. The number of hydrogen-bond donors (Lipinski definition) is 0. The first-order chi connectivity index (χ1) is 13.8. The number of rotatable bonds is 3. The Morgan fingerprint density at radius 3 is 2.20 bits per heavy atom. The zero-order chi connectivity index (χ0) is 20.8. The third kappa shape index (κ3) is 4.14. The number of alkyl halides is 3. The lowest BCUT2D eigenvalue weighted by Crippen LogP contribution is -2.33. The number of carbonyl (C=O) groups excluding carboxylic acids is 1. The van der Waals surface area contributed by atoms with Crippen molar-refractivity contribution < 1.29 is 22.7 Å². The number of fused-ring (bicyclic) bond motifs is 1. The lowest BCUT2D eigenvalue weighted by molar-refractivity contribution is -0.137. The maximum Gasteiger partial charge on any atom is 0.416 e. The second kappa shape index (κ2) is 8.47. The SMILES string of the molecule is COc1ccc([C@H]2[C@@H]3CN(C(=O)c4ccc(C(F)(F)F)cc4)C[C@@H]3CN2C)cc1.Cl. The Balaban J connectivity index is 0.00000256. The highest BCUT2D eigenvalue weighted by molar-refractivity contribution is 5.94. The quantitative estimate of drug-likeness (QED) is 0.704. The van der Waals surface area contributed by atoms with E-state index in [9.17, 15) is 18.0 Å². The Morgan fingerprint density at radius 2 is 1.63 bits per heavy atom. The van der Waals surface area contributed by atoms with Crippen LogP contribution in [-0.4, -0.2) is 49.5 Å². The molecule has 0 aromatic heterocycles. The van der Waals surface area contributed by atoms with Crippen LogP contribution in [0.5, 0.6) is 5.75 Å². The fourth-order valence-electron chi connectivity index (χ4n) is 4.71. The highest BCUT2D eigenvalue weighted by Gasteiger charge is 2.47. The molecule has 2 aromatic carbocycles. The van der Waals surface area contributed by atoms with Crippen molar-refractivity contribution in [1.29, 1.82) is 0 Å². The van der Waals surface area contributed by atoms with Gasteiger partial charge in [-0.2, -0.15) is 13.2 Å². The van der Waals surface area contributed by atoms with E-state index in [1.54, 1.807) is 12.0 Å². The van der Waals surface area contributed by atoms with Crippen LogP contribution in [0, 0.1) is 11.8 Å². The summed E-state index contributed by atoms with van der Waals surface area (Å²) < 4.78 is 43.5. The van der Waals surface area contributed by atoms with Gasteiger partial charge in [0, 0.05) is 37.2 Å². The number of nitrogens with zero attached hydrogens (tertiary/aromatic N) is 2. The van der Waals surface area contributed by atoms with Crippen molar-refractivity contribution in [2.75, 3.05) is 33.8 Å². The summed E-state index contributed by atoms with van der Waals surface area (Å²) in [6.07, 6.45) is -4.40. The fraction of sp³-hybridized carbons (Fsp3) is 0.409. The molecule has 0 unspecified atom stereocenters. The van der Waals surface area contributed by atoms with Crippen LogP contribution in [0.25, 0.3) is 0 Å².